The molecule has 0 bridgehead atoms. The van der Waals surface area contributed by atoms with Crippen LogP contribution >= 0.6 is 0 Å². The number of aromatic hydroxyl groups is 2. The molecule has 96 valence electrons. The number of phenolic OH excluding ortho intramolecular Hbond substituents is 2. The van der Waals surface area contributed by atoms with Crippen molar-refractivity contribution in [3.8, 4) is 11.5 Å². The first-order valence-corrected chi connectivity index (χ1v) is 5.87. The summed E-state index contributed by atoms with van der Waals surface area (Å²) < 4.78 is 1.85. The number of hydrogen-bond acceptors (Lipinski definition) is 4. The first kappa shape index (κ1) is 12.3. The maximum absolute atomic E-state index is 9.65. The molecule has 5 nitrogen and oxygen atoms in total. The predicted octanol–water partition coefficient (Wildman–Crippen LogP) is 2.49. The van der Waals surface area contributed by atoms with Crippen LogP contribution in [0.25, 0.3) is 0 Å². The minimum absolute atomic E-state index is 0.0895. The summed E-state index contributed by atoms with van der Waals surface area (Å²) in [6.07, 6.45) is 1.90. The van der Waals surface area contributed by atoms with E-state index in [1.807, 2.05) is 16.9 Å². The molecule has 0 aliphatic heterocycles. The van der Waals surface area contributed by atoms with E-state index in [1.165, 1.54) is 6.07 Å². The topological polar surface area (TPSA) is 70.3 Å². The second-order valence-electron chi connectivity index (χ2n) is 4.41. The van der Waals surface area contributed by atoms with Crippen molar-refractivity contribution in [2.45, 2.75) is 26.4 Å². The van der Waals surface area contributed by atoms with Crippen LogP contribution in [0.5, 0.6) is 11.5 Å². The number of phenols is 2. The first-order chi connectivity index (χ1) is 8.58. The molecule has 0 aliphatic rings. The summed E-state index contributed by atoms with van der Waals surface area (Å²) in [5.74, 6) is 0.543. The molecule has 2 aromatic rings. The molecule has 0 amide bonds. The number of nitrogens with zero attached hydrogens (tertiary/aromatic N) is 2. The summed E-state index contributed by atoms with van der Waals surface area (Å²) in [6, 6.07) is 7.08. The molecule has 0 spiro atoms. The van der Waals surface area contributed by atoms with Gasteiger partial charge in [-0.05, 0) is 19.9 Å². The Morgan fingerprint density at radius 1 is 1.28 bits per heavy atom. The van der Waals surface area contributed by atoms with Gasteiger partial charge in [0.05, 0.1) is 0 Å². The fourth-order valence-corrected chi connectivity index (χ4v) is 1.63. The Kier molecular flexibility index (Phi) is 3.41. The zero-order chi connectivity index (χ0) is 13.1. The number of aromatic nitrogens is 2. The van der Waals surface area contributed by atoms with Crippen molar-refractivity contribution in [1.29, 1.82) is 0 Å². The fraction of sp³-hybridized carbons (Fsp3) is 0.308. The van der Waals surface area contributed by atoms with E-state index in [0.717, 1.165) is 5.82 Å². The molecule has 1 aromatic carbocycles. The quantitative estimate of drug-likeness (QED) is 0.726. The van der Waals surface area contributed by atoms with E-state index in [9.17, 15) is 10.2 Å². The molecule has 1 aromatic heterocycles. The van der Waals surface area contributed by atoms with Gasteiger partial charge in [0.2, 0.25) is 0 Å². The Hall–Kier alpha value is -2.17. The minimum atomic E-state index is -0.109. The summed E-state index contributed by atoms with van der Waals surface area (Å²) in [7, 11) is 0. The fourth-order valence-electron chi connectivity index (χ4n) is 1.63. The van der Waals surface area contributed by atoms with Gasteiger partial charge in [-0.25, -0.2) is 0 Å². The molecular formula is C13H17N3O2. The highest BCUT2D eigenvalue weighted by atomic mass is 16.3. The number of para-hydroxylation sites is 1. The maximum Gasteiger partial charge on any atom is 0.162 e. The van der Waals surface area contributed by atoms with E-state index in [-0.39, 0.29) is 11.5 Å². The van der Waals surface area contributed by atoms with Gasteiger partial charge < -0.3 is 15.5 Å². The van der Waals surface area contributed by atoms with Crippen LogP contribution in [0, 0.1) is 0 Å². The van der Waals surface area contributed by atoms with E-state index in [4.69, 9.17) is 0 Å². The van der Waals surface area contributed by atoms with Crippen LogP contribution in [0.1, 0.15) is 25.5 Å². The van der Waals surface area contributed by atoms with Crippen molar-refractivity contribution in [2.75, 3.05) is 5.32 Å². The molecule has 0 aliphatic carbocycles. The van der Waals surface area contributed by atoms with Crippen LogP contribution in [0.3, 0.4) is 0 Å². The van der Waals surface area contributed by atoms with Gasteiger partial charge >= 0.3 is 0 Å². The van der Waals surface area contributed by atoms with Crippen LogP contribution in [-0.4, -0.2) is 20.0 Å². The molecular weight excluding hydrogens is 230 g/mol. The normalized spacial score (nSPS) is 10.8. The van der Waals surface area contributed by atoms with Gasteiger partial charge in [-0.15, -0.1) is 0 Å². The van der Waals surface area contributed by atoms with Crippen LogP contribution < -0.4 is 5.32 Å². The Labute approximate surface area is 106 Å². The summed E-state index contributed by atoms with van der Waals surface area (Å²) in [6.45, 7) is 4.52. The maximum atomic E-state index is 9.65. The zero-order valence-corrected chi connectivity index (χ0v) is 10.5. The van der Waals surface area contributed by atoms with Crippen molar-refractivity contribution in [3.05, 3.63) is 36.0 Å². The molecule has 18 heavy (non-hydrogen) atoms. The van der Waals surface area contributed by atoms with Crippen LogP contribution in [-0.2, 0) is 6.54 Å². The third-order valence-corrected chi connectivity index (χ3v) is 2.70. The summed E-state index contributed by atoms with van der Waals surface area (Å²) in [5, 5.41) is 26.5. The van der Waals surface area contributed by atoms with Gasteiger partial charge in [-0.3, -0.25) is 4.68 Å². The lowest BCUT2D eigenvalue weighted by atomic mass is 10.2. The van der Waals surface area contributed by atoms with Gasteiger partial charge in [0.15, 0.2) is 11.5 Å². The highest BCUT2D eigenvalue weighted by Gasteiger charge is 2.06. The van der Waals surface area contributed by atoms with E-state index >= 15 is 0 Å². The zero-order valence-electron chi connectivity index (χ0n) is 10.5. The molecule has 5 heteroatoms. The van der Waals surface area contributed by atoms with Gasteiger partial charge in [0.1, 0.15) is 5.82 Å². The van der Waals surface area contributed by atoms with E-state index < -0.39 is 0 Å². The molecule has 0 atom stereocenters. The smallest absolute Gasteiger partial charge is 0.162 e. The molecule has 3 N–H and O–H groups in total. The van der Waals surface area contributed by atoms with Crippen LogP contribution in [0.2, 0.25) is 0 Å². The Morgan fingerprint density at radius 2 is 2.06 bits per heavy atom. The number of benzene rings is 1. The lowest BCUT2D eigenvalue weighted by Gasteiger charge is -2.07. The summed E-state index contributed by atoms with van der Waals surface area (Å²) >= 11 is 0. The average Bonchev–Trinajstić information content (AvgIpc) is 2.80. The molecule has 0 saturated heterocycles. The molecule has 0 fully saturated rings. The summed E-state index contributed by atoms with van der Waals surface area (Å²) in [5.41, 5.74) is 0.633. The number of rotatable bonds is 4. The van der Waals surface area contributed by atoms with Crippen LogP contribution in [0.4, 0.5) is 5.82 Å². The molecule has 0 unspecified atom stereocenters. The molecule has 2 rings (SSSR count). The second-order valence-corrected chi connectivity index (χ2v) is 4.41. The van der Waals surface area contributed by atoms with E-state index in [0.29, 0.717) is 18.2 Å². The number of hydrogen-bond donors (Lipinski definition) is 3. The van der Waals surface area contributed by atoms with Gasteiger partial charge in [-0.1, -0.05) is 12.1 Å². The average molecular weight is 247 g/mol. The van der Waals surface area contributed by atoms with Crippen molar-refractivity contribution in [3.63, 3.8) is 0 Å². The predicted molar refractivity (Wildman–Crippen MR) is 69.7 cm³/mol. The van der Waals surface area contributed by atoms with Gasteiger partial charge in [-0.2, -0.15) is 5.10 Å². The Balaban J connectivity index is 2.04. The minimum Gasteiger partial charge on any atom is -0.504 e. The monoisotopic (exact) mass is 247 g/mol. The largest absolute Gasteiger partial charge is 0.504 e. The summed E-state index contributed by atoms with van der Waals surface area (Å²) in [4.78, 5) is 0. The highest BCUT2D eigenvalue weighted by molar-refractivity contribution is 5.46. The Morgan fingerprint density at radius 3 is 2.72 bits per heavy atom. The first-order valence-electron chi connectivity index (χ1n) is 5.87. The van der Waals surface area contributed by atoms with Gasteiger partial charge in [0, 0.05) is 30.4 Å². The number of anilines is 1. The van der Waals surface area contributed by atoms with Crippen molar-refractivity contribution >= 4 is 5.82 Å². The SMILES string of the molecule is CC(C)n1ccc(NCc2cccc(O)c2O)n1. The lowest BCUT2D eigenvalue weighted by molar-refractivity contribution is 0.400. The van der Waals surface area contributed by atoms with Crippen molar-refractivity contribution in [1.82, 2.24) is 9.78 Å². The number of nitrogens with one attached hydrogen (secondary N) is 1. The van der Waals surface area contributed by atoms with E-state index in [1.54, 1.807) is 12.1 Å². The molecule has 0 saturated carbocycles. The molecule has 0 radical (unpaired) electrons. The standard InChI is InChI=1S/C13H17N3O2/c1-9(2)16-7-6-12(15-16)14-8-10-4-3-5-11(17)13(10)18/h3-7,9,17-18H,8H2,1-2H3,(H,14,15). The lowest BCUT2D eigenvalue weighted by Crippen LogP contribution is -2.04. The highest BCUT2D eigenvalue weighted by Crippen LogP contribution is 2.28. The third-order valence-electron chi connectivity index (χ3n) is 2.70. The third kappa shape index (κ3) is 2.56. The second kappa shape index (κ2) is 5.00. The van der Waals surface area contributed by atoms with Gasteiger partial charge in [0.25, 0.3) is 0 Å². The molecule has 1 heterocycles. The Bertz CT molecular complexity index is 535. The van der Waals surface area contributed by atoms with Crippen molar-refractivity contribution < 1.29 is 10.2 Å². The van der Waals surface area contributed by atoms with Crippen LogP contribution in [0.15, 0.2) is 30.5 Å². The van der Waals surface area contributed by atoms with Crippen molar-refractivity contribution in [2.24, 2.45) is 0 Å². The van der Waals surface area contributed by atoms with E-state index in [2.05, 4.69) is 24.3 Å².